The van der Waals surface area contributed by atoms with Crippen LogP contribution in [0.25, 0.3) is 0 Å². The Morgan fingerprint density at radius 3 is 3.00 bits per heavy atom. The number of nitrogens with zero attached hydrogens (tertiary/aromatic N) is 2. The van der Waals surface area contributed by atoms with Crippen LogP contribution in [-0.4, -0.2) is 31.1 Å². The number of halogens is 1. The highest BCUT2D eigenvalue weighted by molar-refractivity contribution is 6.30. The number of fused-ring (bicyclic) bond motifs is 1. The average molecular weight is 332 g/mol. The molecule has 0 saturated carbocycles. The summed E-state index contributed by atoms with van der Waals surface area (Å²) in [5.41, 5.74) is 1.96. The number of carbonyl (C=O) groups is 1. The Morgan fingerprint density at radius 1 is 1.39 bits per heavy atom. The Hall–Kier alpha value is -2.27. The molecule has 1 aliphatic rings. The highest BCUT2D eigenvalue weighted by Gasteiger charge is 2.28. The lowest BCUT2D eigenvalue weighted by molar-refractivity contribution is -0.127. The molecule has 0 fully saturated rings. The van der Waals surface area contributed by atoms with Crippen molar-refractivity contribution in [2.45, 2.75) is 19.1 Å². The van der Waals surface area contributed by atoms with E-state index >= 15 is 0 Å². The molecule has 120 valence electrons. The summed E-state index contributed by atoms with van der Waals surface area (Å²) in [4.78, 5) is 18.5. The first-order chi connectivity index (χ1) is 11.0. The number of benzene rings is 1. The third kappa shape index (κ3) is 3.56. The smallest absolute Gasteiger partial charge is 0.261 e. The van der Waals surface area contributed by atoms with E-state index in [1.54, 1.807) is 18.3 Å². The van der Waals surface area contributed by atoms with E-state index in [9.17, 15) is 4.79 Å². The van der Waals surface area contributed by atoms with Gasteiger partial charge in [0.2, 0.25) is 0 Å². The predicted molar refractivity (Wildman–Crippen MR) is 90.0 cm³/mol. The molecular weight excluding hydrogens is 314 g/mol. The minimum absolute atomic E-state index is 0.125. The molecule has 6 heteroatoms. The Labute approximate surface area is 140 Å². The molecule has 2 heterocycles. The summed E-state index contributed by atoms with van der Waals surface area (Å²) >= 11 is 5.97. The zero-order chi connectivity index (χ0) is 16.4. The lowest BCUT2D eigenvalue weighted by Gasteiger charge is -2.14. The number of ether oxygens (including phenoxy) is 1. The number of rotatable bonds is 4. The van der Waals surface area contributed by atoms with Gasteiger partial charge in [-0.1, -0.05) is 11.6 Å². The normalized spacial score (nSPS) is 15.7. The summed E-state index contributed by atoms with van der Waals surface area (Å²) in [6.07, 6.45) is 1.78. The maximum atomic E-state index is 12.3. The molecule has 0 saturated heterocycles. The first-order valence-electron chi connectivity index (χ1n) is 7.38. The summed E-state index contributed by atoms with van der Waals surface area (Å²) in [5, 5.41) is 3.57. The number of hydrogen-bond acceptors (Lipinski definition) is 4. The molecule has 1 amide bonds. The first-order valence-corrected chi connectivity index (χ1v) is 7.76. The van der Waals surface area contributed by atoms with Crippen molar-refractivity contribution in [3.05, 3.63) is 52.7 Å². The second kappa shape index (κ2) is 6.46. The van der Waals surface area contributed by atoms with Crippen LogP contribution >= 0.6 is 11.6 Å². The van der Waals surface area contributed by atoms with Gasteiger partial charge in [-0.2, -0.15) is 0 Å². The van der Waals surface area contributed by atoms with E-state index in [0.717, 1.165) is 22.7 Å². The summed E-state index contributed by atoms with van der Waals surface area (Å²) in [6, 6.07) is 9.25. The van der Waals surface area contributed by atoms with Crippen molar-refractivity contribution >= 4 is 23.3 Å². The van der Waals surface area contributed by atoms with Gasteiger partial charge in [0.1, 0.15) is 11.6 Å². The molecule has 1 atom stereocenters. The molecule has 0 radical (unpaired) electrons. The quantitative estimate of drug-likeness (QED) is 0.935. The second-order valence-electron chi connectivity index (χ2n) is 5.70. The monoisotopic (exact) mass is 331 g/mol. The Kier molecular flexibility index (Phi) is 4.39. The molecule has 1 aromatic carbocycles. The van der Waals surface area contributed by atoms with Gasteiger partial charge >= 0.3 is 0 Å². The second-order valence-corrected chi connectivity index (χ2v) is 6.13. The third-order valence-electron chi connectivity index (χ3n) is 3.72. The van der Waals surface area contributed by atoms with Gasteiger partial charge < -0.3 is 15.0 Å². The maximum absolute atomic E-state index is 12.3. The standard InChI is InChI=1S/C17H18ClN3O2/c1-21(2)16-7-11(5-6-19-16)10-20-17(22)15-9-12-8-13(18)3-4-14(12)23-15/h3-8,15H,9-10H2,1-2H3,(H,20,22)/t15-/m0/s1. The molecule has 0 aliphatic carbocycles. The Morgan fingerprint density at radius 2 is 2.22 bits per heavy atom. The number of aromatic nitrogens is 1. The van der Waals surface area contributed by atoms with Gasteiger partial charge in [0.15, 0.2) is 6.10 Å². The van der Waals surface area contributed by atoms with Crippen LogP contribution in [-0.2, 0) is 17.8 Å². The van der Waals surface area contributed by atoms with Gasteiger partial charge in [-0.25, -0.2) is 4.98 Å². The van der Waals surface area contributed by atoms with Crippen molar-refractivity contribution in [3.63, 3.8) is 0 Å². The molecule has 0 spiro atoms. The van der Waals surface area contributed by atoms with Crippen molar-refractivity contribution in [2.24, 2.45) is 0 Å². The topological polar surface area (TPSA) is 54.5 Å². The number of carbonyl (C=O) groups excluding carboxylic acids is 1. The summed E-state index contributed by atoms with van der Waals surface area (Å²) in [6.45, 7) is 0.444. The van der Waals surface area contributed by atoms with E-state index in [0.29, 0.717) is 18.0 Å². The van der Waals surface area contributed by atoms with Crippen LogP contribution in [0.15, 0.2) is 36.5 Å². The SMILES string of the molecule is CN(C)c1cc(CNC(=O)[C@@H]2Cc3cc(Cl)ccc3O2)ccn1. The molecular formula is C17H18ClN3O2. The number of hydrogen-bond donors (Lipinski definition) is 1. The number of anilines is 1. The lowest BCUT2D eigenvalue weighted by Crippen LogP contribution is -2.37. The van der Waals surface area contributed by atoms with Gasteiger partial charge in [-0.15, -0.1) is 0 Å². The van der Waals surface area contributed by atoms with Crippen LogP contribution in [0.4, 0.5) is 5.82 Å². The molecule has 5 nitrogen and oxygen atoms in total. The Balaban J connectivity index is 1.60. The number of pyridine rings is 1. The largest absolute Gasteiger partial charge is 0.480 e. The molecule has 1 N–H and O–H groups in total. The van der Waals surface area contributed by atoms with Gasteiger partial charge in [0.05, 0.1) is 0 Å². The van der Waals surface area contributed by atoms with Crippen LogP contribution in [0.5, 0.6) is 5.75 Å². The van der Waals surface area contributed by atoms with Crippen molar-refractivity contribution in [1.29, 1.82) is 0 Å². The van der Waals surface area contributed by atoms with E-state index in [-0.39, 0.29) is 5.91 Å². The van der Waals surface area contributed by atoms with Gasteiger partial charge in [0.25, 0.3) is 5.91 Å². The molecule has 3 rings (SSSR count). The fourth-order valence-corrected chi connectivity index (χ4v) is 2.68. The van der Waals surface area contributed by atoms with Crippen molar-refractivity contribution in [3.8, 4) is 5.75 Å². The minimum Gasteiger partial charge on any atom is -0.480 e. The first kappa shape index (κ1) is 15.6. The average Bonchev–Trinajstić information content (AvgIpc) is 2.96. The fraction of sp³-hybridized carbons (Fsp3) is 0.294. The molecule has 1 aromatic heterocycles. The molecule has 0 unspecified atom stereocenters. The van der Waals surface area contributed by atoms with Gasteiger partial charge in [-0.3, -0.25) is 4.79 Å². The lowest BCUT2D eigenvalue weighted by atomic mass is 10.1. The minimum atomic E-state index is -0.501. The zero-order valence-electron chi connectivity index (χ0n) is 13.0. The van der Waals surface area contributed by atoms with Crippen molar-refractivity contribution < 1.29 is 9.53 Å². The van der Waals surface area contributed by atoms with Crippen LogP contribution in [0.3, 0.4) is 0 Å². The van der Waals surface area contributed by atoms with Crippen molar-refractivity contribution in [1.82, 2.24) is 10.3 Å². The van der Waals surface area contributed by atoms with Crippen LogP contribution in [0.2, 0.25) is 5.02 Å². The van der Waals surface area contributed by atoms with E-state index < -0.39 is 6.10 Å². The van der Waals surface area contributed by atoms with E-state index in [4.69, 9.17) is 16.3 Å². The highest BCUT2D eigenvalue weighted by Crippen LogP contribution is 2.31. The summed E-state index contributed by atoms with van der Waals surface area (Å²) in [5.74, 6) is 1.46. The molecule has 2 aromatic rings. The Bertz CT molecular complexity index is 734. The third-order valence-corrected chi connectivity index (χ3v) is 3.96. The van der Waals surface area contributed by atoms with Gasteiger partial charge in [0, 0.05) is 38.3 Å². The molecule has 23 heavy (non-hydrogen) atoms. The van der Waals surface area contributed by atoms with Crippen LogP contribution < -0.4 is 15.0 Å². The maximum Gasteiger partial charge on any atom is 0.261 e. The van der Waals surface area contributed by atoms with E-state index in [1.807, 2.05) is 37.2 Å². The predicted octanol–water partition coefficient (Wildman–Crippen LogP) is 2.42. The zero-order valence-corrected chi connectivity index (χ0v) is 13.8. The number of nitrogens with one attached hydrogen (secondary N) is 1. The van der Waals surface area contributed by atoms with E-state index in [2.05, 4.69) is 10.3 Å². The number of amides is 1. The van der Waals surface area contributed by atoms with Crippen LogP contribution in [0.1, 0.15) is 11.1 Å². The molecule has 1 aliphatic heterocycles. The fourth-order valence-electron chi connectivity index (χ4n) is 2.48. The summed E-state index contributed by atoms with van der Waals surface area (Å²) in [7, 11) is 3.86. The van der Waals surface area contributed by atoms with Gasteiger partial charge in [-0.05, 0) is 41.5 Å². The van der Waals surface area contributed by atoms with Crippen molar-refractivity contribution in [2.75, 3.05) is 19.0 Å². The van der Waals surface area contributed by atoms with Crippen LogP contribution in [0, 0.1) is 0 Å². The highest BCUT2D eigenvalue weighted by atomic mass is 35.5. The molecule has 0 bridgehead atoms. The summed E-state index contributed by atoms with van der Waals surface area (Å²) < 4.78 is 5.68. The van der Waals surface area contributed by atoms with E-state index in [1.165, 1.54) is 0 Å².